The van der Waals surface area contributed by atoms with Crippen molar-refractivity contribution in [2.45, 2.75) is 33.2 Å². The highest BCUT2D eigenvalue weighted by Crippen LogP contribution is 2.25. The summed E-state index contributed by atoms with van der Waals surface area (Å²) in [5.41, 5.74) is 3.74. The van der Waals surface area contributed by atoms with Crippen molar-refractivity contribution in [3.8, 4) is 0 Å². The van der Waals surface area contributed by atoms with E-state index in [4.69, 9.17) is 11.6 Å². The maximum atomic E-state index is 5.97. The van der Waals surface area contributed by atoms with Crippen LogP contribution >= 0.6 is 11.6 Å². The Morgan fingerprint density at radius 2 is 2.19 bits per heavy atom. The van der Waals surface area contributed by atoms with Gasteiger partial charge < -0.3 is 5.32 Å². The molecule has 1 aromatic carbocycles. The minimum absolute atomic E-state index is 0.347. The van der Waals surface area contributed by atoms with Crippen molar-refractivity contribution in [1.29, 1.82) is 0 Å². The zero-order valence-corrected chi connectivity index (χ0v) is 11.1. The van der Waals surface area contributed by atoms with Crippen molar-refractivity contribution >= 4 is 11.6 Å². The molecule has 0 aliphatic rings. The average molecular weight is 238 g/mol. The Kier molecular flexibility index (Phi) is 5.04. The quantitative estimate of drug-likeness (QED) is 0.755. The van der Waals surface area contributed by atoms with Gasteiger partial charge >= 0.3 is 0 Å². The molecule has 1 unspecified atom stereocenters. The summed E-state index contributed by atoms with van der Waals surface area (Å²) < 4.78 is 0. The van der Waals surface area contributed by atoms with Gasteiger partial charge in [-0.2, -0.15) is 0 Å². The molecule has 0 fully saturated rings. The Morgan fingerprint density at radius 3 is 2.69 bits per heavy atom. The molecule has 0 spiro atoms. The zero-order chi connectivity index (χ0) is 12.1. The van der Waals surface area contributed by atoms with Gasteiger partial charge in [-0.1, -0.05) is 30.2 Å². The average Bonchev–Trinajstić information content (AvgIpc) is 2.16. The van der Waals surface area contributed by atoms with Gasteiger partial charge in [0.05, 0.1) is 0 Å². The molecule has 1 N–H and O–H groups in total. The molecule has 16 heavy (non-hydrogen) atoms. The third kappa shape index (κ3) is 3.66. The molecule has 0 amide bonds. The number of hydrogen-bond acceptors (Lipinski definition) is 1. The molecule has 1 atom stereocenters. The summed E-state index contributed by atoms with van der Waals surface area (Å²) in [6.45, 7) is 11.2. The molecule has 1 nitrogen and oxygen atoms in total. The van der Waals surface area contributed by atoms with E-state index in [-0.39, 0.29) is 0 Å². The zero-order valence-electron chi connectivity index (χ0n) is 10.3. The van der Waals surface area contributed by atoms with Crippen LogP contribution in [0.2, 0.25) is 5.02 Å². The lowest BCUT2D eigenvalue weighted by molar-refractivity contribution is 0.546. The third-order valence-corrected chi connectivity index (χ3v) is 2.85. The monoisotopic (exact) mass is 237 g/mol. The minimum atomic E-state index is 0.347. The van der Waals surface area contributed by atoms with Crippen LogP contribution in [-0.4, -0.2) is 6.54 Å². The van der Waals surface area contributed by atoms with Crippen molar-refractivity contribution < 1.29 is 0 Å². The lowest BCUT2D eigenvalue weighted by Crippen LogP contribution is -2.21. The molecule has 0 saturated heterocycles. The van der Waals surface area contributed by atoms with E-state index in [1.165, 1.54) is 16.7 Å². The van der Waals surface area contributed by atoms with Gasteiger partial charge in [-0.3, -0.25) is 0 Å². The lowest BCUT2D eigenvalue weighted by Gasteiger charge is -2.20. The number of aryl methyl sites for hydroxylation is 1. The maximum Gasteiger partial charge on any atom is 0.0408 e. The van der Waals surface area contributed by atoms with Crippen molar-refractivity contribution in [3.63, 3.8) is 0 Å². The molecule has 0 heterocycles. The van der Waals surface area contributed by atoms with Gasteiger partial charge in [0.15, 0.2) is 0 Å². The Morgan fingerprint density at radius 1 is 1.50 bits per heavy atom. The lowest BCUT2D eigenvalue weighted by atomic mass is 9.96. The van der Waals surface area contributed by atoms with Crippen molar-refractivity contribution in [1.82, 2.24) is 5.32 Å². The molecule has 1 rings (SSSR count). The first-order chi connectivity index (χ1) is 7.54. The molecule has 0 aliphatic carbocycles. The molecule has 1 aromatic rings. The summed E-state index contributed by atoms with van der Waals surface area (Å²) in [6.07, 6.45) is 0.969. The predicted molar refractivity (Wildman–Crippen MR) is 72.0 cm³/mol. The van der Waals surface area contributed by atoms with E-state index in [9.17, 15) is 0 Å². The SMILES string of the molecule is C=C(C)CC(NCC)c1ccc(Cl)cc1C. The first-order valence-electron chi connectivity index (χ1n) is 5.68. The van der Waals surface area contributed by atoms with E-state index in [2.05, 4.69) is 38.7 Å². The van der Waals surface area contributed by atoms with Crippen LogP contribution in [0, 0.1) is 6.92 Å². The molecule has 0 aromatic heterocycles. The summed E-state index contributed by atoms with van der Waals surface area (Å²) in [7, 11) is 0. The molecule has 88 valence electrons. The molecule has 0 radical (unpaired) electrons. The van der Waals surface area contributed by atoms with Crippen LogP contribution in [0.15, 0.2) is 30.4 Å². The Balaban J connectivity index is 2.95. The van der Waals surface area contributed by atoms with E-state index in [1.54, 1.807) is 0 Å². The smallest absolute Gasteiger partial charge is 0.0408 e. The number of nitrogens with one attached hydrogen (secondary N) is 1. The van der Waals surface area contributed by atoms with Gasteiger partial charge in [0.25, 0.3) is 0 Å². The van der Waals surface area contributed by atoms with Gasteiger partial charge in [0, 0.05) is 11.1 Å². The van der Waals surface area contributed by atoms with Gasteiger partial charge in [0.1, 0.15) is 0 Å². The molecule has 0 saturated carbocycles. The second-order valence-electron chi connectivity index (χ2n) is 4.27. The summed E-state index contributed by atoms with van der Waals surface area (Å²) >= 11 is 5.97. The third-order valence-electron chi connectivity index (χ3n) is 2.61. The first kappa shape index (κ1) is 13.3. The van der Waals surface area contributed by atoms with Crippen molar-refractivity contribution in [2.75, 3.05) is 6.54 Å². The fraction of sp³-hybridized carbons (Fsp3) is 0.429. The summed E-state index contributed by atoms with van der Waals surface area (Å²) in [4.78, 5) is 0. The molecule has 0 aliphatic heterocycles. The fourth-order valence-electron chi connectivity index (χ4n) is 1.92. The molecular weight excluding hydrogens is 218 g/mol. The number of hydrogen-bond donors (Lipinski definition) is 1. The Labute approximate surface area is 104 Å². The number of benzene rings is 1. The summed E-state index contributed by atoms with van der Waals surface area (Å²) in [6, 6.07) is 6.42. The van der Waals surface area contributed by atoms with E-state index >= 15 is 0 Å². The Hall–Kier alpha value is -0.790. The van der Waals surface area contributed by atoms with Gasteiger partial charge in [-0.25, -0.2) is 0 Å². The molecular formula is C14H20ClN. The highest BCUT2D eigenvalue weighted by molar-refractivity contribution is 6.30. The Bertz CT molecular complexity index is 371. The van der Waals surface area contributed by atoms with Crippen LogP contribution in [0.4, 0.5) is 0 Å². The predicted octanol–water partition coefficient (Wildman–Crippen LogP) is 4.27. The van der Waals surface area contributed by atoms with Gasteiger partial charge in [-0.15, -0.1) is 6.58 Å². The van der Waals surface area contributed by atoms with Gasteiger partial charge in [0.2, 0.25) is 0 Å². The summed E-state index contributed by atoms with van der Waals surface area (Å²) in [5, 5.41) is 4.28. The van der Waals surface area contributed by atoms with E-state index in [0.717, 1.165) is 18.0 Å². The van der Waals surface area contributed by atoms with Crippen LogP contribution in [0.25, 0.3) is 0 Å². The van der Waals surface area contributed by atoms with Crippen LogP contribution in [0.1, 0.15) is 37.4 Å². The van der Waals surface area contributed by atoms with E-state index < -0.39 is 0 Å². The standard InChI is InChI=1S/C14H20ClN/c1-5-16-14(8-10(2)3)13-7-6-12(15)9-11(13)4/h6-7,9,14,16H,2,5,8H2,1,3-4H3. The molecule has 2 heteroatoms. The van der Waals surface area contributed by atoms with Crippen molar-refractivity contribution in [3.05, 3.63) is 46.5 Å². The molecule has 0 bridgehead atoms. The van der Waals surface area contributed by atoms with Crippen LogP contribution in [-0.2, 0) is 0 Å². The van der Waals surface area contributed by atoms with Gasteiger partial charge in [-0.05, 0) is 50.1 Å². The van der Waals surface area contributed by atoms with Crippen molar-refractivity contribution in [2.24, 2.45) is 0 Å². The highest BCUT2D eigenvalue weighted by atomic mass is 35.5. The van der Waals surface area contributed by atoms with Crippen LogP contribution in [0.5, 0.6) is 0 Å². The first-order valence-corrected chi connectivity index (χ1v) is 6.06. The van der Waals surface area contributed by atoms with E-state index in [1.807, 2.05) is 12.1 Å². The second kappa shape index (κ2) is 6.07. The van der Waals surface area contributed by atoms with E-state index in [0.29, 0.717) is 6.04 Å². The number of rotatable bonds is 5. The number of halogens is 1. The van der Waals surface area contributed by atoms with Crippen LogP contribution in [0.3, 0.4) is 0 Å². The van der Waals surface area contributed by atoms with Crippen LogP contribution < -0.4 is 5.32 Å². The minimum Gasteiger partial charge on any atom is -0.310 e. The maximum absolute atomic E-state index is 5.97. The topological polar surface area (TPSA) is 12.0 Å². The fourth-order valence-corrected chi connectivity index (χ4v) is 2.14. The second-order valence-corrected chi connectivity index (χ2v) is 4.71. The summed E-state index contributed by atoms with van der Waals surface area (Å²) in [5.74, 6) is 0. The highest BCUT2D eigenvalue weighted by Gasteiger charge is 2.12. The largest absolute Gasteiger partial charge is 0.310 e. The normalized spacial score (nSPS) is 12.5.